The van der Waals surface area contributed by atoms with Gasteiger partial charge in [0.2, 0.25) is 0 Å². The number of para-hydroxylation sites is 1. The highest BCUT2D eigenvalue weighted by Gasteiger charge is 2.20. The Labute approximate surface area is 251 Å². The van der Waals surface area contributed by atoms with Crippen molar-refractivity contribution >= 4 is 43.9 Å². The number of furan rings is 1. The van der Waals surface area contributed by atoms with Crippen LogP contribution in [0.4, 0.5) is 0 Å². The molecule has 0 atom stereocenters. The molecule has 0 unspecified atom stereocenters. The highest BCUT2D eigenvalue weighted by Crippen LogP contribution is 2.40. The van der Waals surface area contributed by atoms with Gasteiger partial charge in [0.05, 0.1) is 22.6 Å². The maximum Gasteiger partial charge on any atom is 0.164 e. The van der Waals surface area contributed by atoms with E-state index in [9.17, 15) is 0 Å². The van der Waals surface area contributed by atoms with Crippen LogP contribution in [0.15, 0.2) is 138 Å². The Bertz CT molecular complexity index is 2440. The van der Waals surface area contributed by atoms with Gasteiger partial charge in [-0.1, -0.05) is 91.0 Å². The molecule has 0 aliphatic carbocycles. The number of rotatable bonds is 4. The molecule has 0 aliphatic heterocycles. The highest BCUT2D eigenvalue weighted by molar-refractivity contribution is 6.23. The van der Waals surface area contributed by atoms with Gasteiger partial charge in [-0.2, -0.15) is 5.10 Å². The number of nitrogens with zero attached hydrogens (tertiary/aromatic N) is 6. The molecule has 0 aliphatic rings. The van der Waals surface area contributed by atoms with Crippen LogP contribution in [0.1, 0.15) is 0 Å². The molecule has 0 spiro atoms. The van der Waals surface area contributed by atoms with Crippen LogP contribution in [-0.4, -0.2) is 29.7 Å². The SMILES string of the molecule is c1ccc(-c2nc(-c3ccccc3)nc(-c3cccc(-n4c5ccnnc5c5ccc6oc7ccccc7c6c54)c3)n2)cc1. The number of benzene rings is 5. The van der Waals surface area contributed by atoms with Crippen LogP contribution in [0.25, 0.3) is 83.7 Å². The average molecular weight is 567 g/mol. The smallest absolute Gasteiger partial charge is 0.164 e. The van der Waals surface area contributed by atoms with Crippen LogP contribution in [0.2, 0.25) is 0 Å². The zero-order chi connectivity index (χ0) is 29.0. The standard InChI is InChI=1S/C37H22N6O/c1-3-10-23(11-4-1)35-39-36(24-12-5-2-6-13-24)41-37(40-35)25-14-9-15-26(22-25)43-29-20-21-38-42-33(29)28-18-19-31-32(34(28)43)27-16-7-8-17-30(27)44-31/h1-22H. The minimum atomic E-state index is 0.596. The lowest BCUT2D eigenvalue weighted by Gasteiger charge is -2.12. The maximum absolute atomic E-state index is 6.27. The van der Waals surface area contributed by atoms with Crippen molar-refractivity contribution in [1.82, 2.24) is 29.7 Å². The summed E-state index contributed by atoms with van der Waals surface area (Å²) >= 11 is 0. The topological polar surface area (TPSA) is 82.5 Å². The molecule has 7 nitrogen and oxygen atoms in total. The lowest BCUT2D eigenvalue weighted by Crippen LogP contribution is -2.01. The Morgan fingerprint density at radius 2 is 1.18 bits per heavy atom. The summed E-state index contributed by atoms with van der Waals surface area (Å²) in [6, 6.07) is 42.6. The lowest BCUT2D eigenvalue weighted by atomic mass is 10.1. The lowest BCUT2D eigenvalue weighted by molar-refractivity contribution is 0.669. The van der Waals surface area contributed by atoms with E-state index in [4.69, 9.17) is 19.4 Å². The number of hydrogen-bond acceptors (Lipinski definition) is 6. The summed E-state index contributed by atoms with van der Waals surface area (Å²) in [4.78, 5) is 14.8. The van der Waals surface area contributed by atoms with E-state index in [-0.39, 0.29) is 0 Å². The third kappa shape index (κ3) is 3.80. The van der Waals surface area contributed by atoms with Crippen molar-refractivity contribution in [2.75, 3.05) is 0 Å². The van der Waals surface area contributed by atoms with Crippen molar-refractivity contribution in [1.29, 1.82) is 0 Å². The zero-order valence-electron chi connectivity index (χ0n) is 23.3. The molecule has 44 heavy (non-hydrogen) atoms. The van der Waals surface area contributed by atoms with Gasteiger partial charge in [-0.15, -0.1) is 5.10 Å². The van der Waals surface area contributed by atoms with Gasteiger partial charge in [-0.3, -0.25) is 0 Å². The summed E-state index contributed by atoms with van der Waals surface area (Å²) < 4.78 is 8.52. The van der Waals surface area contributed by atoms with Gasteiger partial charge in [-0.05, 0) is 36.4 Å². The first-order valence-electron chi connectivity index (χ1n) is 14.4. The van der Waals surface area contributed by atoms with Crippen LogP contribution in [0, 0.1) is 0 Å². The molecule has 0 N–H and O–H groups in total. The zero-order valence-corrected chi connectivity index (χ0v) is 23.3. The van der Waals surface area contributed by atoms with Crippen molar-refractivity contribution in [3.05, 3.63) is 134 Å². The minimum absolute atomic E-state index is 0.596. The van der Waals surface area contributed by atoms with E-state index in [1.54, 1.807) is 6.20 Å². The Morgan fingerprint density at radius 1 is 0.523 bits per heavy atom. The highest BCUT2D eigenvalue weighted by atomic mass is 16.3. The Hall–Kier alpha value is -6.21. The van der Waals surface area contributed by atoms with Crippen LogP contribution in [-0.2, 0) is 0 Å². The summed E-state index contributed by atoms with van der Waals surface area (Å²) in [5.41, 5.74) is 8.17. The van der Waals surface area contributed by atoms with Gasteiger partial charge in [-0.25, -0.2) is 15.0 Å². The van der Waals surface area contributed by atoms with E-state index in [1.807, 2.05) is 103 Å². The molecule has 0 fully saturated rings. The molecule has 4 heterocycles. The monoisotopic (exact) mass is 566 g/mol. The molecule has 4 aromatic heterocycles. The predicted octanol–water partition coefficient (Wildman–Crippen LogP) is 8.66. The minimum Gasteiger partial charge on any atom is -0.456 e. The molecule has 206 valence electrons. The van der Waals surface area contributed by atoms with Crippen LogP contribution in [0.5, 0.6) is 0 Å². The molecule has 5 aromatic carbocycles. The Morgan fingerprint density at radius 3 is 1.93 bits per heavy atom. The van der Waals surface area contributed by atoms with Crippen molar-refractivity contribution < 1.29 is 4.42 Å². The van der Waals surface area contributed by atoms with Gasteiger partial charge in [0.15, 0.2) is 17.5 Å². The number of hydrogen-bond donors (Lipinski definition) is 0. The third-order valence-electron chi connectivity index (χ3n) is 8.00. The summed E-state index contributed by atoms with van der Waals surface area (Å²) in [6.07, 6.45) is 1.73. The van der Waals surface area contributed by atoms with E-state index in [0.29, 0.717) is 17.5 Å². The quantitative estimate of drug-likeness (QED) is 0.212. The molecule has 0 radical (unpaired) electrons. The molecular formula is C37H22N6O. The molecule has 0 saturated heterocycles. The number of aromatic nitrogens is 6. The van der Waals surface area contributed by atoms with Crippen molar-refractivity contribution in [2.24, 2.45) is 0 Å². The van der Waals surface area contributed by atoms with Crippen LogP contribution in [0.3, 0.4) is 0 Å². The molecule has 0 bridgehead atoms. The second-order valence-electron chi connectivity index (χ2n) is 10.6. The fourth-order valence-electron chi connectivity index (χ4n) is 6.03. The van der Waals surface area contributed by atoms with Gasteiger partial charge in [0, 0.05) is 33.2 Å². The van der Waals surface area contributed by atoms with Crippen molar-refractivity contribution in [2.45, 2.75) is 0 Å². The van der Waals surface area contributed by atoms with Gasteiger partial charge in [0.25, 0.3) is 0 Å². The first-order valence-corrected chi connectivity index (χ1v) is 14.4. The summed E-state index contributed by atoms with van der Waals surface area (Å²) in [5, 5.41) is 11.9. The summed E-state index contributed by atoms with van der Waals surface area (Å²) in [5.74, 6) is 1.84. The molecule has 0 amide bonds. The largest absolute Gasteiger partial charge is 0.456 e. The van der Waals surface area contributed by atoms with E-state index in [0.717, 1.165) is 66.3 Å². The molecule has 7 heteroatoms. The van der Waals surface area contributed by atoms with Gasteiger partial charge in [0.1, 0.15) is 16.7 Å². The van der Waals surface area contributed by atoms with Crippen molar-refractivity contribution in [3.63, 3.8) is 0 Å². The fraction of sp³-hybridized carbons (Fsp3) is 0. The Balaban J connectivity index is 1.31. The second kappa shape index (κ2) is 9.68. The predicted molar refractivity (Wildman–Crippen MR) is 173 cm³/mol. The first-order chi connectivity index (χ1) is 21.8. The van der Waals surface area contributed by atoms with Crippen LogP contribution < -0.4 is 0 Å². The fourth-order valence-corrected chi connectivity index (χ4v) is 6.03. The van der Waals surface area contributed by atoms with E-state index in [2.05, 4.69) is 39.0 Å². The molecule has 0 saturated carbocycles. The number of fused-ring (bicyclic) bond motifs is 7. The van der Waals surface area contributed by atoms with E-state index < -0.39 is 0 Å². The van der Waals surface area contributed by atoms with Crippen molar-refractivity contribution in [3.8, 4) is 39.9 Å². The van der Waals surface area contributed by atoms with E-state index >= 15 is 0 Å². The summed E-state index contributed by atoms with van der Waals surface area (Å²) in [7, 11) is 0. The molecular weight excluding hydrogens is 544 g/mol. The second-order valence-corrected chi connectivity index (χ2v) is 10.6. The normalized spacial score (nSPS) is 11.6. The van der Waals surface area contributed by atoms with E-state index in [1.165, 1.54) is 0 Å². The van der Waals surface area contributed by atoms with Gasteiger partial charge < -0.3 is 8.98 Å². The average Bonchev–Trinajstić information content (AvgIpc) is 3.65. The third-order valence-corrected chi connectivity index (χ3v) is 8.00. The first kappa shape index (κ1) is 24.4. The molecule has 9 aromatic rings. The van der Waals surface area contributed by atoms with Gasteiger partial charge >= 0.3 is 0 Å². The Kier molecular flexibility index (Phi) is 5.36. The van der Waals surface area contributed by atoms with Crippen LogP contribution >= 0.6 is 0 Å². The summed E-state index contributed by atoms with van der Waals surface area (Å²) in [6.45, 7) is 0. The molecule has 9 rings (SSSR count). The maximum atomic E-state index is 6.27.